The summed E-state index contributed by atoms with van der Waals surface area (Å²) in [5.41, 5.74) is 1.94. The summed E-state index contributed by atoms with van der Waals surface area (Å²) in [5, 5.41) is 0.258. The number of hydrogen-bond acceptors (Lipinski definition) is 4. The lowest BCUT2D eigenvalue weighted by Gasteiger charge is -2.13. The van der Waals surface area contributed by atoms with Gasteiger partial charge in [-0.25, -0.2) is 18.1 Å². The monoisotopic (exact) mass is 325 g/mol. The van der Waals surface area contributed by atoms with Crippen LogP contribution >= 0.6 is 11.6 Å². The second-order valence-electron chi connectivity index (χ2n) is 4.70. The smallest absolute Gasteiger partial charge is 0.242 e. The van der Waals surface area contributed by atoms with Crippen molar-refractivity contribution in [2.75, 3.05) is 19.0 Å². The number of halogens is 1. The van der Waals surface area contributed by atoms with Crippen LogP contribution in [0.2, 0.25) is 5.15 Å². The molecule has 0 saturated carbocycles. The first-order valence-electron chi connectivity index (χ1n) is 6.26. The fourth-order valence-electron chi connectivity index (χ4n) is 1.69. The largest absolute Gasteiger partial charge is 0.378 e. The fraction of sp³-hybridized carbons (Fsp3) is 0.214. The van der Waals surface area contributed by atoms with Gasteiger partial charge in [0.1, 0.15) is 10.0 Å². The second-order valence-corrected chi connectivity index (χ2v) is 6.86. The van der Waals surface area contributed by atoms with Crippen molar-refractivity contribution in [3.8, 4) is 0 Å². The third-order valence-electron chi connectivity index (χ3n) is 2.93. The molecular weight excluding hydrogens is 310 g/mol. The third-order valence-corrected chi connectivity index (χ3v) is 4.54. The fourth-order valence-corrected chi connectivity index (χ4v) is 2.77. The Kier molecular flexibility index (Phi) is 4.82. The van der Waals surface area contributed by atoms with Crippen LogP contribution in [-0.4, -0.2) is 27.5 Å². The highest BCUT2D eigenvalue weighted by atomic mass is 35.5. The Labute approximate surface area is 129 Å². The molecule has 0 saturated heterocycles. The lowest BCUT2D eigenvalue weighted by atomic mass is 10.2. The first kappa shape index (κ1) is 15.8. The van der Waals surface area contributed by atoms with Crippen molar-refractivity contribution in [1.82, 2.24) is 9.71 Å². The summed E-state index contributed by atoms with van der Waals surface area (Å²) in [4.78, 5) is 5.85. The lowest BCUT2D eigenvalue weighted by molar-refractivity contribution is 0.581. The molecule has 21 heavy (non-hydrogen) atoms. The quantitative estimate of drug-likeness (QED) is 0.857. The van der Waals surface area contributed by atoms with Gasteiger partial charge in [-0.05, 0) is 29.8 Å². The molecule has 0 amide bonds. The van der Waals surface area contributed by atoms with Crippen LogP contribution in [0.1, 0.15) is 5.56 Å². The van der Waals surface area contributed by atoms with E-state index in [-0.39, 0.29) is 16.6 Å². The van der Waals surface area contributed by atoms with Crippen LogP contribution in [0.25, 0.3) is 0 Å². The van der Waals surface area contributed by atoms with Crippen LogP contribution in [0.15, 0.2) is 47.5 Å². The topological polar surface area (TPSA) is 62.3 Å². The van der Waals surface area contributed by atoms with Gasteiger partial charge in [-0.1, -0.05) is 23.7 Å². The highest BCUT2D eigenvalue weighted by Gasteiger charge is 2.13. The Balaban J connectivity index is 2.06. The number of benzene rings is 1. The van der Waals surface area contributed by atoms with Crippen LogP contribution in [0.5, 0.6) is 0 Å². The zero-order chi connectivity index (χ0) is 15.5. The van der Waals surface area contributed by atoms with Gasteiger partial charge in [0.05, 0.1) is 0 Å². The van der Waals surface area contributed by atoms with Gasteiger partial charge >= 0.3 is 0 Å². The minimum absolute atomic E-state index is 0.0943. The van der Waals surface area contributed by atoms with Crippen LogP contribution in [0, 0.1) is 0 Å². The van der Waals surface area contributed by atoms with Crippen LogP contribution in [0.4, 0.5) is 5.69 Å². The summed E-state index contributed by atoms with van der Waals surface area (Å²) in [6.45, 7) is 0.221. The van der Waals surface area contributed by atoms with E-state index in [1.807, 2.05) is 43.3 Å². The molecule has 0 fully saturated rings. The van der Waals surface area contributed by atoms with Gasteiger partial charge in [0.25, 0.3) is 0 Å². The molecule has 2 aromatic rings. The molecule has 1 N–H and O–H groups in total. The Bertz CT molecular complexity index is 698. The SMILES string of the molecule is CN(C)c1ccc(CNS(=O)(=O)c2ccc(Cl)nc2)cc1. The molecule has 1 heterocycles. The molecule has 0 bridgehead atoms. The minimum atomic E-state index is -3.58. The van der Waals surface area contributed by atoms with Gasteiger partial charge < -0.3 is 4.90 Å². The van der Waals surface area contributed by atoms with Crippen LogP contribution < -0.4 is 9.62 Å². The van der Waals surface area contributed by atoms with E-state index in [1.54, 1.807) is 0 Å². The lowest BCUT2D eigenvalue weighted by Crippen LogP contribution is -2.23. The number of sulfonamides is 1. The highest BCUT2D eigenvalue weighted by Crippen LogP contribution is 2.14. The van der Waals surface area contributed by atoms with Gasteiger partial charge in [-0.2, -0.15) is 0 Å². The van der Waals surface area contributed by atoms with Gasteiger partial charge in [0, 0.05) is 32.5 Å². The van der Waals surface area contributed by atoms with E-state index in [9.17, 15) is 8.42 Å². The Morgan fingerprint density at radius 1 is 1.14 bits per heavy atom. The maximum atomic E-state index is 12.1. The van der Waals surface area contributed by atoms with E-state index in [2.05, 4.69) is 9.71 Å². The zero-order valence-electron chi connectivity index (χ0n) is 11.7. The van der Waals surface area contributed by atoms with Crippen molar-refractivity contribution in [2.45, 2.75) is 11.4 Å². The summed E-state index contributed by atoms with van der Waals surface area (Å²) < 4.78 is 26.7. The number of nitrogens with one attached hydrogen (secondary N) is 1. The first-order chi connectivity index (χ1) is 9.88. The molecule has 112 valence electrons. The van der Waals surface area contributed by atoms with Crippen LogP contribution in [-0.2, 0) is 16.6 Å². The molecule has 0 aliphatic rings. The summed E-state index contributed by atoms with van der Waals surface area (Å²) in [5.74, 6) is 0. The predicted molar refractivity (Wildman–Crippen MR) is 84.0 cm³/mol. The summed E-state index contributed by atoms with van der Waals surface area (Å²) in [7, 11) is 0.316. The number of nitrogens with zero attached hydrogens (tertiary/aromatic N) is 2. The zero-order valence-corrected chi connectivity index (χ0v) is 13.3. The molecule has 2 rings (SSSR count). The molecule has 0 spiro atoms. The van der Waals surface area contributed by atoms with E-state index in [4.69, 9.17) is 11.6 Å². The van der Waals surface area contributed by atoms with Crippen molar-refractivity contribution >= 4 is 27.3 Å². The first-order valence-corrected chi connectivity index (χ1v) is 8.12. The van der Waals surface area contributed by atoms with E-state index < -0.39 is 10.0 Å². The number of anilines is 1. The Morgan fingerprint density at radius 2 is 1.81 bits per heavy atom. The number of rotatable bonds is 5. The number of hydrogen-bond donors (Lipinski definition) is 1. The van der Waals surface area contributed by atoms with E-state index >= 15 is 0 Å². The average molecular weight is 326 g/mol. The van der Waals surface area contributed by atoms with Crippen molar-refractivity contribution in [1.29, 1.82) is 0 Å². The van der Waals surface area contributed by atoms with Gasteiger partial charge in [0.15, 0.2) is 0 Å². The predicted octanol–water partition coefficient (Wildman–Crippen LogP) is 2.28. The Morgan fingerprint density at radius 3 is 2.33 bits per heavy atom. The average Bonchev–Trinajstić information content (AvgIpc) is 2.46. The minimum Gasteiger partial charge on any atom is -0.378 e. The van der Waals surface area contributed by atoms with Gasteiger partial charge in [-0.3, -0.25) is 0 Å². The van der Waals surface area contributed by atoms with Gasteiger partial charge in [0.2, 0.25) is 10.0 Å². The normalized spacial score (nSPS) is 11.4. The molecule has 0 aliphatic heterocycles. The van der Waals surface area contributed by atoms with E-state index in [0.717, 1.165) is 11.3 Å². The van der Waals surface area contributed by atoms with Crippen molar-refractivity contribution < 1.29 is 8.42 Å². The van der Waals surface area contributed by atoms with E-state index in [1.165, 1.54) is 18.3 Å². The third kappa shape index (κ3) is 4.17. The van der Waals surface area contributed by atoms with Crippen LogP contribution in [0.3, 0.4) is 0 Å². The van der Waals surface area contributed by atoms with Crippen molar-refractivity contribution in [3.63, 3.8) is 0 Å². The van der Waals surface area contributed by atoms with Gasteiger partial charge in [-0.15, -0.1) is 0 Å². The molecule has 0 radical (unpaired) electrons. The summed E-state index contributed by atoms with van der Waals surface area (Å²) >= 11 is 5.64. The van der Waals surface area contributed by atoms with Crippen molar-refractivity contribution in [2.24, 2.45) is 0 Å². The Hall–Kier alpha value is -1.63. The highest BCUT2D eigenvalue weighted by molar-refractivity contribution is 7.89. The second kappa shape index (κ2) is 6.43. The molecule has 0 aliphatic carbocycles. The summed E-state index contributed by atoms with van der Waals surface area (Å²) in [6, 6.07) is 10.5. The molecule has 1 aromatic carbocycles. The van der Waals surface area contributed by atoms with E-state index in [0.29, 0.717) is 0 Å². The molecular formula is C14H16ClN3O2S. The molecule has 7 heteroatoms. The molecule has 0 atom stereocenters. The standard InChI is InChI=1S/C14H16ClN3O2S/c1-18(2)12-5-3-11(4-6-12)9-17-21(19,20)13-7-8-14(15)16-10-13/h3-8,10,17H,9H2,1-2H3. The maximum Gasteiger partial charge on any atom is 0.242 e. The molecule has 5 nitrogen and oxygen atoms in total. The molecule has 0 unspecified atom stereocenters. The molecule has 1 aromatic heterocycles. The summed E-state index contributed by atoms with van der Waals surface area (Å²) in [6.07, 6.45) is 1.24. The maximum absolute atomic E-state index is 12.1. The van der Waals surface area contributed by atoms with Crippen molar-refractivity contribution in [3.05, 3.63) is 53.3 Å². The number of aromatic nitrogens is 1. The number of pyridine rings is 1.